The second kappa shape index (κ2) is 8.80. The summed E-state index contributed by atoms with van der Waals surface area (Å²) in [4.78, 5) is 27.2. The molecule has 0 saturated heterocycles. The van der Waals surface area contributed by atoms with Gasteiger partial charge in [-0.05, 0) is 39.6 Å². The van der Waals surface area contributed by atoms with Crippen LogP contribution in [-0.4, -0.2) is 52.3 Å². The molecule has 0 radical (unpaired) electrons. The number of nitrogens with one attached hydrogen (secondary N) is 1. The molecule has 8 heteroatoms. The Morgan fingerprint density at radius 3 is 2.62 bits per heavy atom. The Bertz CT molecular complexity index is 1100. The number of hydrogen-bond donors (Lipinski definition) is 1. The van der Waals surface area contributed by atoms with E-state index in [0.29, 0.717) is 23.5 Å². The van der Waals surface area contributed by atoms with E-state index < -0.39 is 0 Å². The Hall–Kier alpha value is -2.64. The maximum absolute atomic E-state index is 13.0. The number of halogens is 1. The van der Waals surface area contributed by atoms with Gasteiger partial charge in [0.05, 0.1) is 11.6 Å². The first-order valence-corrected chi connectivity index (χ1v) is 9.87. The number of aromatic nitrogens is 3. The first-order valence-electron chi connectivity index (χ1n) is 9.50. The second-order valence-corrected chi connectivity index (χ2v) is 7.80. The maximum atomic E-state index is 13.0. The smallest absolute Gasteiger partial charge is 0.276 e. The molecule has 0 aliphatic carbocycles. The summed E-state index contributed by atoms with van der Waals surface area (Å²) in [5.74, 6) is -0.231. The molecular weight excluding hydrogens is 390 g/mol. The van der Waals surface area contributed by atoms with E-state index in [2.05, 4.69) is 15.0 Å². The first kappa shape index (κ1) is 21.1. The van der Waals surface area contributed by atoms with Gasteiger partial charge in [0.1, 0.15) is 6.54 Å². The number of carbonyl (C=O) groups is 1. The monoisotopic (exact) mass is 415 g/mol. The van der Waals surface area contributed by atoms with E-state index in [0.717, 1.165) is 28.9 Å². The van der Waals surface area contributed by atoms with Gasteiger partial charge >= 0.3 is 0 Å². The molecule has 29 heavy (non-hydrogen) atoms. The minimum absolute atomic E-state index is 0.101. The largest absolute Gasteiger partial charge is 0.353 e. The fraction of sp³-hybridized carbons (Fsp3) is 0.381. The van der Waals surface area contributed by atoms with Crippen molar-refractivity contribution in [2.75, 3.05) is 27.2 Å². The zero-order chi connectivity index (χ0) is 21.1. The zero-order valence-corrected chi connectivity index (χ0v) is 18.0. The van der Waals surface area contributed by atoms with Crippen molar-refractivity contribution in [2.24, 2.45) is 0 Å². The number of likely N-dealkylation sites (N-methyl/N-ethyl adjacent to an activating group) is 1. The molecular formula is C21H26ClN5O2. The van der Waals surface area contributed by atoms with Crippen LogP contribution in [0.25, 0.3) is 10.8 Å². The molecule has 1 aromatic carbocycles. The topological polar surface area (TPSA) is 72.2 Å². The lowest BCUT2D eigenvalue weighted by atomic mass is 10.2. The summed E-state index contributed by atoms with van der Waals surface area (Å²) in [6, 6.07) is 7.66. The third-order valence-corrected chi connectivity index (χ3v) is 5.43. The standard InChI is InChI=1S/C21H26ClN5O2/c1-14-17-11-24-27(13-19(28)23-9-10-25(3)4)21(29)20(17)15(2)26(14)12-16-7-5-6-8-18(16)22/h5-8,11H,9-10,12-13H2,1-4H3,(H,23,28). The molecule has 0 saturated carbocycles. The van der Waals surface area contributed by atoms with Crippen LogP contribution in [0.3, 0.4) is 0 Å². The van der Waals surface area contributed by atoms with Crippen molar-refractivity contribution in [2.45, 2.75) is 26.9 Å². The third kappa shape index (κ3) is 4.52. The van der Waals surface area contributed by atoms with Gasteiger partial charge in [0, 0.05) is 41.4 Å². The molecule has 0 fully saturated rings. The SMILES string of the molecule is Cc1c2cnn(CC(=O)NCCN(C)C)c(=O)c2c(C)n1Cc1ccccc1Cl. The lowest BCUT2D eigenvalue weighted by molar-refractivity contribution is -0.121. The number of amides is 1. The number of carbonyl (C=O) groups excluding carboxylic acids is 1. The molecule has 3 aromatic rings. The number of benzene rings is 1. The second-order valence-electron chi connectivity index (χ2n) is 7.40. The van der Waals surface area contributed by atoms with Crippen LogP contribution >= 0.6 is 11.6 Å². The summed E-state index contributed by atoms with van der Waals surface area (Å²) in [6.07, 6.45) is 1.66. The molecule has 0 unspecified atom stereocenters. The quantitative estimate of drug-likeness (QED) is 0.642. The van der Waals surface area contributed by atoms with Gasteiger partial charge in [-0.1, -0.05) is 29.8 Å². The molecule has 0 aliphatic rings. The van der Waals surface area contributed by atoms with Crippen LogP contribution in [0.4, 0.5) is 0 Å². The number of nitrogens with zero attached hydrogens (tertiary/aromatic N) is 4. The highest BCUT2D eigenvalue weighted by atomic mass is 35.5. The molecule has 0 aliphatic heterocycles. The molecule has 154 valence electrons. The molecule has 7 nitrogen and oxygen atoms in total. The minimum atomic E-state index is -0.260. The van der Waals surface area contributed by atoms with E-state index >= 15 is 0 Å². The van der Waals surface area contributed by atoms with Crippen LogP contribution in [0.2, 0.25) is 5.02 Å². The Morgan fingerprint density at radius 2 is 1.93 bits per heavy atom. The van der Waals surface area contributed by atoms with E-state index in [4.69, 9.17) is 11.6 Å². The van der Waals surface area contributed by atoms with E-state index in [9.17, 15) is 9.59 Å². The van der Waals surface area contributed by atoms with Gasteiger partial charge in [-0.2, -0.15) is 5.10 Å². The molecule has 0 atom stereocenters. The molecule has 0 spiro atoms. The summed E-state index contributed by atoms with van der Waals surface area (Å²) in [6.45, 7) is 5.60. The van der Waals surface area contributed by atoms with Crippen LogP contribution in [0.1, 0.15) is 17.0 Å². The third-order valence-electron chi connectivity index (χ3n) is 5.07. The van der Waals surface area contributed by atoms with Crippen molar-refractivity contribution in [1.82, 2.24) is 24.6 Å². The van der Waals surface area contributed by atoms with Crippen LogP contribution in [0.5, 0.6) is 0 Å². The highest BCUT2D eigenvalue weighted by Gasteiger charge is 2.18. The Morgan fingerprint density at radius 1 is 1.21 bits per heavy atom. The van der Waals surface area contributed by atoms with Gasteiger partial charge in [-0.25, -0.2) is 4.68 Å². The lowest BCUT2D eigenvalue weighted by Crippen LogP contribution is -2.36. The summed E-state index contributed by atoms with van der Waals surface area (Å²) in [5, 5.41) is 9.10. The average Bonchev–Trinajstić information content (AvgIpc) is 2.90. The Labute approximate surface area is 174 Å². The van der Waals surface area contributed by atoms with Crippen LogP contribution in [0, 0.1) is 13.8 Å². The lowest BCUT2D eigenvalue weighted by Gasteiger charge is -2.11. The summed E-state index contributed by atoms with van der Waals surface area (Å²) < 4.78 is 3.29. The Kier molecular flexibility index (Phi) is 6.39. The fourth-order valence-electron chi connectivity index (χ4n) is 3.40. The summed E-state index contributed by atoms with van der Waals surface area (Å²) >= 11 is 6.31. The van der Waals surface area contributed by atoms with Gasteiger partial charge in [-0.15, -0.1) is 0 Å². The number of rotatable bonds is 7. The van der Waals surface area contributed by atoms with Crippen molar-refractivity contribution in [3.8, 4) is 0 Å². The number of hydrogen-bond acceptors (Lipinski definition) is 4. The normalized spacial score (nSPS) is 11.4. The molecule has 1 amide bonds. The van der Waals surface area contributed by atoms with E-state index in [1.165, 1.54) is 4.68 Å². The van der Waals surface area contributed by atoms with E-state index in [1.54, 1.807) is 6.20 Å². The van der Waals surface area contributed by atoms with Crippen molar-refractivity contribution in [3.63, 3.8) is 0 Å². The van der Waals surface area contributed by atoms with Crippen LogP contribution in [-0.2, 0) is 17.9 Å². The average molecular weight is 416 g/mol. The molecule has 2 aromatic heterocycles. The predicted octanol–water partition coefficient (Wildman–Crippen LogP) is 2.19. The van der Waals surface area contributed by atoms with Gasteiger partial charge in [0.2, 0.25) is 5.91 Å². The van der Waals surface area contributed by atoms with Gasteiger partial charge in [0.25, 0.3) is 5.56 Å². The fourth-order valence-corrected chi connectivity index (χ4v) is 3.60. The molecule has 3 rings (SSSR count). The van der Waals surface area contributed by atoms with E-state index in [-0.39, 0.29) is 18.0 Å². The summed E-state index contributed by atoms with van der Waals surface area (Å²) in [5.41, 5.74) is 2.51. The van der Waals surface area contributed by atoms with Gasteiger partial charge in [0.15, 0.2) is 0 Å². The first-order chi connectivity index (χ1) is 13.8. The molecule has 0 bridgehead atoms. The number of fused-ring (bicyclic) bond motifs is 1. The highest BCUT2D eigenvalue weighted by Crippen LogP contribution is 2.25. The van der Waals surface area contributed by atoms with Crippen molar-refractivity contribution in [3.05, 3.63) is 62.8 Å². The van der Waals surface area contributed by atoms with Crippen LogP contribution in [0.15, 0.2) is 35.3 Å². The van der Waals surface area contributed by atoms with Gasteiger partial charge in [-0.3, -0.25) is 9.59 Å². The van der Waals surface area contributed by atoms with Crippen molar-refractivity contribution < 1.29 is 4.79 Å². The summed E-state index contributed by atoms with van der Waals surface area (Å²) in [7, 11) is 3.87. The van der Waals surface area contributed by atoms with Crippen molar-refractivity contribution in [1.29, 1.82) is 0 Å². The molecule has 1 N–H and O–H groups in total. The maximum Gasteiger partial charge on any atom is 0.276 e. The van der Waals surface area contributed by atoms with Crippen LogP contribution < -0.4 is 10.9 Å². The van der Waals surface area contributed by atoms with E-state index in [1.807, 2.05) is 57.1 Å². The van der Waals surface area contributed by atoms with Crippen molar-refractivity contribution >= 4 is 28.3 Å². The van der Waals surface area contributed by atoms with Gasteiger partial charge < -0.3 is 14.8 Å². The molecule has 2 heterocycles. The Balaban J connectivity index is 1.90. The minimum Gasteiger partial charge on any atom is -0.353 e. The highest BCUT2D eigenvalue weighted by molar-refractivity contribution is 6.31. The number of aryl methyl sites for hydroxylation is 2. The predicted molar refractivity (Wildman–Crippen MR) is 116 cm³/mol. The zero-order valence-electron chi connectivity index (χ0n) is 17.2.